The molecule has 3 amide bonds. The Morgan fingerprint density at radius 3 is 1.96 bits per heavy atom. The number of carboxylic acids is 1. The lowest BCUT2D eigenvalue weighted by molar-refractivity contribution is -0.142. The van der Waals surface area contributed by atoms with Crippen molar-refractivity contribution in [2.45, 2.75) is 57.2 Å². The van der Waals surface area contributed by atoms with E-state index < -0.39 is 65.7 Å². The Balaban J connectivity index is 1.76. The molecule has 0 aromatic heterocycles. The molecule has 0 radical (unpaired) electrons. The van der Waals surface area contributed by atoms with Crippen LogP contribution in [0.15, 0.2) is 42.5 Å². The fraction of sp³-hybridized carbons (Fsp3) is 0.500. The van der Waals surface area contributed by atoms with Gasteiger partial charge in [0.2, 0.25) is 11.8 Å². The van der Waals surface area contributed by atoms with Crippen molar-refractivity contribution < 1.29 is 52.4 Å². The molecule has 0 aliphatic heterocycles. The average molecular weight is 667 g/mol. The van der Waals surface area contributed by atoms with Crippen LogP contribution in [0, 0.1) is 11.6 Å². The molecule has 47 heavy (non-hydrogen) atoms. The van der Waals surface area contributed by atoms with Gasteiger partial charge in [0.25, 0.3) is 0 Å². The number of aliphatic carboxylic acids is 1. The van der Waals surface area contributed by atoms with E-state index in [0.29, 0.717) is 23.8 Å². The summed E-state index contributed by atoms with van der Waals surface area (Å²) in [5.74, 6) is -5.59. The summed E-state index contributed by atoms with van der Waals surface area (Å²) in [5, 5.41) is 26.7. The number of rotatable bonds is 19. The van der Waals surface area contributed by atoms with Crippen LogP contribution in [0.5, 0.6) is 0 Å². The van der Waals surface area contributed by atoms with E-state index in [2.05, 4.69) is 16.0 Å². The number of carboxylic acid groups (broad SMARTS) is 1. The lowest BCUT2D eigenvalue weighted by Crippen LogP contribution is -2.44. The highest BCUT2D eigenvalue weighted by Crippen LogP contribution is 2.23. The van der Waals surface area contributed by atoms with Crippen LogP contribution in [0.3, 0.4) is 0 Å². The van der Waals surface area contributed by atoms with Crippen LogP contribution in [-0.2, 0) is 35.0 Å². The van der Waals surface area contributed by atoms with Crippen molar-refractivity contribution in [3.05, 3.63) is 70.8 Å². The minimum absolute atomic E-state index is 0.0306. The van der Waals surface area contributed by atoms with Gasteiger partial charge in [0.05, 0.1) is 32.3 Å². The van der Waals surface area contributed by atoms with E-state index in [1.165, 1.54) is 0 Å². The number of alkyl carbamates (subject to hydrolysis) is 1. The quantitative estimate of drug-likeness (QED) is 0.120. The zero-order valence-corrected chi connectivity index (χ0v) is 26.7. The van der Waals surface area contributed by atoms with Crippen LogP contribution in [0.25, 0.3) is 0 Å². The molecule has 7 N–H and O–H groups in total. The van der Waals surface area contributed by atoms with Crippen molar-refractivity contribution in [1.82, 2.24) is 16.0 Å². The standard InChI is InChI=1S/C32H44F2N4O9/c1-32(2,3)47-31(44)37-10-13-46-15-14-45-12-9-36-29(41)27(35)21-6-4-20(5-7-21)16-26(30(42)43)38-28(40)25(8-11-39)22-17-23(33)19-24(34)18-22/h4-7,17-19,25-27,39H,8-16,35H2,1-3H3,(H,36,41)(H,37,44)(H,38,40)(H,42,43)/t25?,26-,27-/m0/s1. The van der Waals surface area contributed by atoms with Crippen molar-refractivity contribution >= 4 is 23.9 Å². The molecule has 13 nitrogen and oxygen atoms in total. The van der Waals surface area contributed by atoms with Gasteiger partial charge in [-0.2, -0.15) is 0 Å². The number of aliphatic hydroxyl groups is 1. The van der Waals surface area contributed by atoms with Crippen LogP contribution in [0.2, 0.25) is 0 Å². The zero-order chi connectivity index (χ0) is 35.0. The number of nitrogens with one attached hydrogen (secondary N) is 3. The summed E-state index contributed by atoms with van der Waals surface area (Å²) in [6.07, 6.45) is -0.830. The first-order chi connectivity index (χ1) is 22.2. The van der Waals surface area contributed by atoms with Crippen LogP contribution in [0.1, 0.15) is 55.8 Å². The number of ether oxygens (including phenoxy) is 3. The van der Waals surface area contributed by atoms with Gasteiger partial charge in [-0.25, -0.2) is 18.4 Å². The van der Waals surface area contributed by atoms with E-state index in [9.17, 15) is 38.2 Å². The molecule has 1 unspecified atom stereocenters. The highest BCUT2D eigenvalue weighted by molar-refractivity contribution is 5.88. The Morgan fingerprint density at radius 2 is 1.43 bits per heavy atom. The number of benzene rings is 2. The lowest BCUT2D eigenvalue weighted by atomic mass is 9.94. The highest BCUT2D eigenvalue weighted by Gasteiger charge is 2.27. The lowest BCUT2D eigenvalue weighted by Gasteiger charge is -2.21. The minimum atomic E-state index is -1.38. The van der Waals surface area contributed by atoms with Gasteiger partial charge < -0.3 is 46.1 Å². The normalized spacial score (nSPS) is 13.3. The summed E-state index contributed by atoms with van der Waals surface area (Å²) in [4.78, 5) is 48.9. The molecule has 0 fully saturated rings. The Labute approximate surface area is 272 Å². The Bertz CT molecular complexity index is 1300. The second-order valence-electron chi connectivity index (χ2n) is 11.5. The van der Waals surface area contributed by atoms with E-state index in [4.69, 9.17) is 19.9 Å². The maximum atomic E-state index is 13.7. The fourth-order valence-electron chi connectivity index (χ4n) is 4.29. The SMILES string of the molecule is CC(C)(C)OC(=O)NCCOCCOCCNC(=O)[C@@H](N)c1ccc(C[C@H](NC(=O)C(CCO)c2cc(F)cc(F)c2)C(=O)O)cc1. The predicted molar refractivity (Wildman–Crippen MR) is 166 cm³/mol. The molecule has 0 saturated heterocycles. The van der Waals surface area contributed by atoms with E-state index in [1.54, 1.807) is 45.0 Å². The molecule has 0 bridgehead atoms. The summed E-state index contributed by atoms with van der Waals surface area (Å²) < 4.78 is 43.3. The number of amides is 3. The number of carbonyl (C=O) groups excluding carboxylic acids is 3. The molecule has 0 aliphatic rings. The summed E-state index contributed by atoms with van der Waals surface area (Å²) in [6, 6.07) is 6.44. The number of aliphatic hydroxyl groups excluding tert-OH is 1. The molecule has 0 saturated carbocycles. The predicted octanol–water partition coefficient (Wildman–Crippen LogP) is 1.92. The Morgan fingerprint density at radius 1 is 0.851 bits per heavy atom. The maximum Gasteiger partial charge on any atom is 0.407 e. The Kier molecular flexibility index (Phi) is 16.2. The van der Waals surface area contributed by atoms with Crippen LogP contribution in [-0.4, -0.2) is 91.9 Å². The van der Waals surface area contributed by atoms with Crippen LogP contribution in [0.4, 0.5) is 13.6 Å². The molecule has 2 rings (SSSR count). The topological polar surface area (TPSA) is 199 Å². The number of carbonyl (C=O) groups is 4. The minimum Gasteiger partial charge on any atom is -0.480 e. The van der Waals surface area contributed by atoms with Crippen LogP contribution >= 0.6 is 0 Å². The van der Waals surface area contributed by atoms with Gasteiger partial charge in [-0.05, 0) is 56.0 Å². The largest absolute Gasteiger partial charge is 0.480 e. The van der Waals surface area contributed by atoms with Crippen LogP contribution < -0.4 is 21.7 Å². The molecule has 0 heterocycles. The maximum absolute atomic E-state index is 13.7. The van der Waals surface area contributed by atoms with E-state index in [0.717, 1.165) is 12.1 Å². The van der Waals surface area contributed by atoms with Gasteiger partial charge in [0.1, 0.15) is 29.3 Å². The van der Waals surface area contributed by atoms with E-state index in [1.807, 2.05) is 0 Å². The summed E-state index contributed by atoms with van der Waals surface area (Å²) in [5.41, 5.74) is 6.44. The molecule has 2 aromatic rings. The van der Waals surface area contributed by atoms with Gasteiger partial charge in [-0.15, -0.1) is 0 Å². The molecule has 0 aliphatic carbocycles. The summed E-state index contributed by atoms with van der Waals surface area (Å²) in [6.45, 7) is 6.38. The van der Waals surface area contributed by atoms with Crippen molar-refractivity contribution in [1.29, 1.82) is 0 Å². The molecule has 0 spiro atoms. The average Bonchev–Trinajstić information content (AvgIpc) is 2.98. The second-order valence-corrected chi connectivity index (χ2v) is 11.5. The van der Waals surface area contributed by atoms with Gasteiger partial charge in [0, 0.05) is 32.2 Å². The number of hydrogen-bond donors (Lipinski definition) is 6. The summed E-state index contributed by atoms with van der Waals surface area (Å²) >= 11 is 0. The van der Waals surface area contributed by atoms with Gasteiger partial charge in [0.15, 0.2) is 0 Å². The monoisotopic (exact) mass is 666 g/mol. The van der Waals surface area contributed by atoms with Crippen molar-refractivity contribution in [3.63, 3.8) is 0 Å². The van der Waals surface area contributed by atoms with Gasteiger partial charge in [-0.3, -0.25) is 9.59 Å². The molecule has 2 aromatic carbocycles. The number of nitrogens with two attached hydrogens (primary N) is 1. The third kappa shape index (κ3) is 14.9. The fourth-order valence-corrected chi connectivity index (χ4v) is 4.29. The first-order valence-corrected chi connectivity index (χ1v) is 15.0. The molecular formula is C32H44F2N4O9. The first kappa shape index (κ1) is 39.0. The second kappa shape index (κ2) is 19.5. The summed E-state index contributed by atoms with van der Waals surface area (Å²) in [7, 11) is 0. The third-order valence-electron chi connectivity index (χ3n) is 6.53. The molecular weight excluding hydrogens is 622 g/mol. The number of hydrogen-bond acceptors (Lipinski definition) is 9. The van der Waals surface area contributed by atoms with Crippen molar-refractivity contribution in [2.75, 3.05) is 46.1 Å². The molecule has 15 heteroatoms. The van der Waals surface area contributed by atoms with E-state index in [-0.39, 0.29) is 51.3 Å². The number of halogens is 2. The van der Waals surface area contributed by atoms with Crippen molar-refractivity contribution in [3.8, 4) is 0 Å². The van der Waals surface area contributed by atoms with E-state index >= 15 is 0 Å². The smallest absolute Gasteiger partial charge is 0.407 e. The Hall–Kier alpha value is -4.18. The first-order valence-electron chi connectivity index (χ1n) is 15.0. The highest BCUT2D eigenvalue weighted by atomic mass is 19.1. The molecule has 260 valence electrons. The van der Waals surface area contributed by atoms with Gasteiger partial charge >= 0.3 is 12.1 Å². The van der Waals surface area contributed by atoms with Crippen molar-refractivity contribution in [2.24, 2.45) is 5.73 Å². The third-order valence-corrected chi connectivity index (χ3v) is 6.53. The zero-order valence-electron chi connectivity index (χ0n) is 26.7. The van der Waals surface area contributed by atoms with Gasteiger partial charge in [-0.1, -0.05) is 24.3 Å². The molecule has 3 atom stereocenters.